The Morgan fingerprint density at radius 2 is 1.76 bits per heavy atom. The van der Waals surface area contributed by atoms with Gasteiger partial charge in [0.1, 0.15) is 0 Å². The number of carbonyl (C=O) groups excluding carboxylic acids is 1. The number of hydrogen-bond acceptors (Lipinski definition) is 4. The molecule has 0 saturated carbocycles. The van der Waals surface area contributed by atoms with Gasteiger partial charge in [-0.2, -0.15) is 0 Å². The number of nitro groups is 1. The molecule has 1 N–H and O–H groups in total. The zero-order valence-corrected chi connectivity index (χ0v) is 16.1. The highest BCUT2D eigenvalue weighted by Gasteiger charge is 2.25. The first-order chi connectivity index (χ1) is 14.1. The highest BCUT2D eigenvalue weighted by atomic mass is 16.6. The maximum absolute atomic E-state index is 12.7. The molecule has 0 radical (unpaired) electrons. The molecule has 1 fully saturated rings. The topological polar surface area (TPSA) is 75.5 Å². The molecule has 0 aromatic heterocycles. The molecule has 3 aromatic rings. The molecule has 1 saturated heterocycles. The SMILES string of the molecule is O=C(NC[C@@H](c1cccc2ccccc12)N1CCCC1)c1cccc([N+](=O)[O-])c1. The van der Waals surface area contributed by atoms with E-state index in [0.717, 1.165) is 25.9 Å². The van der Waals surface area contributed by atoms with Gasteiger partial charge in [-0.3, -0.25) is 19.8 Å². The monoisotopic (exact) mass is 389 g/mol. The third-order valence-electron chi connectivity index (χ3n) is 5.54. The van der Waals surface area contributed by atoms with Crippen LogP contribution in [0.2, 0.25) is 0 Å². The summed E-state index contributed by atoms with van der Waals surface area (Å²) >= 11 is 0. The van der Waals surface area contributed by atoms with Gasteiger partial charge in [0.2, 0.25) is 0 Å². The van der Waals surface area contributed by atoms with Crippen LogP contribution in [0.25, 0.3) is 10.8 Å². The quantitative estimate of drug-likeness (QED) is 0.503. The van der Waals surface area contributed by atoms with Gasteiger partial charge in [-0.05, 0) is 48.3 Å². The Labute approximate surface area is 169 Å². The molecule has 29 heavy (non-hydrogen) atoms. The van der Waals surface area contributed by atoms with E-state index in [1.807, 2.05) is 12.1 Å². The van der Waals surface area contributed by atoms with Crippen LogP contribution in [0.1, 0.15) is 34.8 Å². The molecule has 148 valence electrons. The Morgan fingerprint density at radius 1 is 1.03 bits per heavy atom. The summed E-state index contributed by atoms with van der Waals surface area (Å²) in [4.78, 5) is 25.6. The number of rotatable bonds is 6. The third-order valence-corrected chi connectivity index (χ3v) is 5.54. The van der Waals surface area contributed by atoms with Crippen molar-refractivity contribution in [3.05, 3.63) is 88.0 Å². The first kappa shape index (κ1) is 19.1. The van der Waals surface area contributed by atoms with Gasteiger partial charge in [-0.15, -0.1) is 0 Å². The first-order valence-corrected chi connectivity index (χ1v) is 9.88. The standard InChI is InChI=1S/C23H23N3O3/c27-23(18-9-5-10-19(15-18)26(28)29)24-16-22(25-13-3-4-14-25)21-12-6-8-17-7-1-2-11-20(17)21/h1-2,5-12,15,22H,3-4,13-14,16H2,(H,24,27)/t22-/m0/s1. The molecule has 3 aromatic carbocycles. The number of non-ortho nitro benzene ring substituents is 1. The summed E-state index contributed by atoms with van der Waals surface area (Å²) in [6.07, 6.45) is 2.31. The van der Waals surface area contributed by atoms with E-state index in [2.05, 4.69) is 40.5 Å². The van der Waals surface area contributed by atoms with Gasteiger partial charge in [0.25, 0.3) is 11.6 Å². The van der Waals surface area contributed by atoms with Crippen LogP contribution >= 0.6 is 0 Å². The van der Waals surface area contributed by atoms with Crippen molar-refractivity contribution in [1.82, 2.24) is 10.2 Å². The molecular weight excluding hydrogens is 366 g/mol. The lowest BCUT2D eigenvalue weighted by atomic mass is 9.97. The predicted octanol–water partition coefficient (Wildman–Crippen LogP) is 4.31. The van der Waals surface area contributed by atoms with Gasteiger partial charge >= 0.3 is 0 Å². The van der Waals surface area contributed by atoms with Crippen molar-refractivity contribution in [1.29, 1.82) is 0 Å². The van der Waals surface area contributed by atoms with Gasteiger partial charge in [0.15, 0.2) is 0 Å². The molecule has 0 spiro atoms. The average Bonchev–Trinajstić information content (AvgIpc) is 3.28. The van der Waals surface area contributed by atoms with E-state index in [4.69, 9.17) is 0 Å². The van der Waals surface area contributed by atoms with Gasteiger partial charge in [0.05, 0.1) is 11.0 Å². The van der Waals surface area contributed by atoms with Gasteiger partial charge in [-0.25, -0.2) is 0 Å². The minimum Gasteiger partial charge on any atom is -0.350 e. The number of benzene rings is 3. The van der Waals surface area contributed by atoms with E-state index in [-0.39, 0.29) is 17.6 Å². The molecule has 0 aliphatic carbocycles. The number of amides is 1. The van der Waals surface area contributed by atoms with Crippen LogP contribution in [0.3, 0.4) is 0 Å². The summed E-state index contributed by atoms with van der Waals surface area (Å²) in [5, 5.41) is 16.4. The Hall–Kier alpha value is -3.25. The average molecular weight is 389 g/mol. The molecule has 6 heteroatoms. The zero-order chi connectivity index (χ0) is 20.2. The molecule has 1 amide bonds. The molecule has 1 heterocycles. The second-order valence-corrected chi connectivity index (χ2v) is 7.34. The van der Waals surface area contributed by atoms with E-state index >= 15 is 0 Å². The molecular formula is C23H23N3O3. The number of carbonyl (C=O) groups is 1. The fraction of sp³-hybridized carbons (Fsp3) is 0.261. The van der Waals surface area contributed by atoms with Crippen molar-refractivity contribution in [3.8, 4) is 0 Å². The van der Waals surface area contributed by atoms with Crippen LogP contribution in [0.15, 0.2) is 66.7 Å². The Balaban J connectivity index is 1.59. The van der Waals surface area contributed by atoms with Crippen molar-refractivity contribution in [3.63, 3.8) is 0 Å². The van der Waals surface area contributed by atoms with E-state index < -0.39 is 4.92 Å². The summed E-state index contributed by atoms with van der Waals surface area (Å²) < 4.78 is 0. The molecule has 6 nitrogen and oxygen atoms in total. The predicted molar refractivity (Wildman–Crippen MR) is 113 cm³/mol. The van der Waals surface area contributed by atoms with E-state index in [1.165, 1.54) is 34.5 Å². The van der Waals surface area contributed by atoms with Gasteiger partial charge < -0.3 is 5.32 Å². The summed E-state index contributed by atoms with van der Waals surface area (Å²) in [5.74, 6) is -0.293. The largest absolute Gasteiger partial charge is 0.350 e. The second-order valence-electron chi connectivity index (χ2n) is 7.34. The van der Waals surface area contributed by atoms with Crippen LogP contribution < -0.4 is 5.32 Å². The molecule has 0 unspecified atom stereocenters. The first-order valence-electron chi connectivity index (χ1n) is 9.88. The smallest absolute Gasteiger partial charge is 0.270 e. The summed E-state index contributed by atoms with van der Waals surface area (Å²) in [5.41, 5.74) is 1.42. The van der Waals surface area contributed by atoms with Crippen LogP contribution in [-0.4, -0.2) is 35.4 Å². The minimum atomic E-state index is -0.486. The fourth-order valence-corrected chi connectivity index (χ4v) is 4.08. The summed E-state index contributed by atoms with van der Waals surface area (Å²) in [7, 11) is 0. The fourth-order valence-electron chi connectivity index (χ4n) is 4.08. The zero-order valence-electron chi connectivity index (χ0n) is 16.1. The maximum Gasteiger partial charge on any atom is 0.270 e. The Morgan fingerprint density at radius 3 is 2.55 bits per heavy atom. The second kappa shape index (κ2) is 8.41. The number of fused-ring (bicyclic) bond motifs is 1. The van der Waals surface area contributed by atoms with Crippen LogP contribution in [0.4, 0.5) is 5.69 Å². The summed E-state index contributed by atoms with van der Waals surface area (Å²) in [6.45, 7) is 2.46. The van der Waals surface area contributed by atoms with Crippen molar-refractivity contribution >= 4 is 22.4 Å². The summed E-state index contributed by atoms with van der Waals surface area (Å²) in [6, 6.07) is 20.5. The number of nitro benzene ring substituents is 1. The highest BCUT2D eigenvalue weighted by Crippen LogP contribution is 2.30. The van der Waals surface area contributed by atoms with Crippen LogP contribution in [-0.2, 0) is 0 Å². The molecule has 0 bridgehead atoms. The maximum atomic E-state index is 12.7. The normalized spacial score (nSPS) is 15.3. The van der Waals surface area contributed by atoms with Crippen LogP contribution in [0.5, 0.6) is 0 Å². The van der Waals surface area contributed by atoms with E-state index in [9.17, 15) is 14.9 Å². The molecule has 4 rings (SSSR count). The van der Waals surface area contributed by atoms with Crippen molar-refractivity contribution in [2.24, 2.45) is 0 Å². The van der Waals surface area contributed by atoms with Crippen LogP contribution in [0, 0.1) is 10.1 Å². The number of nitrogens with zero attached hydrogens (tertiary/aromatic N) is 2. The Bertz CT molecular complexity index is 1040. The van der Waals surface area contributed by atoms with Gasteiger partial charge in [0, 0.05) is 24.2 Å². The third kappa shape index (κ3) is 4.12. The Kier molecular flexibility index (Phi) is 5.53. The molecule has 1 atom stereocenters. The van der Waals surface area contributed by atoms with Crippen molar-refractivity contribution < 1.29 is 9.72 Å². The van der Waals surface area contributed by atoms with E-state index in [1.54, 1.807) is 6.07 Å². The molecule has 1 aliphatic rings. The number of hydrogen-bond donors (Lipinski definition) is 1. The lowest BCUT2D eigenvalue weighted by Gasteiger charge is -2.29. The van der Waals surface area contributed by atoms with Crippen molar-refractivity contribution in [2.75, 3.05) is 19.6 Å². The lowest BCUT2D eigenvalue weighted by molar-refractivity contribution is -0.384. The van der Waals surface area contributed by atoms with Crippen molar-refractivity contribution in [2.45, 2.75) is 18.9 Å². The number of likely N-dealkylation sites (tertiary alicyclic amines) is 1. The minimum absolute atomic E-state index is 0.0613. The highest BCUT2D eigenvalue weighted by molar-refractivity contribution is 5.95. The molecule has 1 aliphatic heterocycles. The lowest BCUT2D eigenvalue weighted by Crippen LogP contribution is -2.37. The van der Waals surface area contributed by atoms with E-state index in [0.29, 0.717) is 12.1 Å². The number of nitrogens with one attached hydrogen (secondary N) is 1. The van der Waals surface area contributed by atoms with Gasteiger partial charge in [-0.1, -0.05) is 48.5 Å².